The fourth-order valence-corrected chi connectivity index (χ4v) is 3.72. The first-order chi connectivity index (χ1) is 14.4. The van der Waals surface area contributed by atoms with Crippen LogP contribution in [0.25, 0.3) is 0 Å². The van der Waals surface area contributed by atoms with Crippen LogP contribution in [0.4, 0.5) is 5.69 Å². The topological polar surface area (TPSA) is 78.3 Å². The average Bonchev–Trinajstić information content (AvgIpc) is 3.10. The number of halogens is 2. The van der Waals surface area contributed by atoms with Gasteiger partial charge in [0, 0.05) is 13.1 Å². The molecule has 1 amide bonds. The van der Waals surface area contributed by atoms with Crippen molar-refractivity contribution in [3.63, 3.8) is 0 Å². The molecule has 0 aliphatic heterocycles. The van der Waals surface area contributed by atoms with E-state index in [9.17, 15) is 4.79 Å². The zero-order chi connectivity index (χ0) is 21.7. The summed E-state index contributed by atoms with van der Waals surface area (Å²) in [7, 11) is 3.43. The molecule has 0 radical (unpaired) electrons. The van der Waals surface area contributed by atoms with E-state index in [4.69, 9.17) is 32.7 Å². The molecule has 0 aliphatic carbocycles. The summed E-state index contributed by atoms with van der Waals surface area (Å²) in [5.74, 6) is 1.92. The van der Waals surface area contributed by atoms with Gasteiger partial charge >= 0.3 is 0 Å². The van der Waals surface area contributed by atoms with Crippen LogP contribution >= 0.6 is 35.0 Å². The largest absolute Gasteiger partial charge is 0.497 e. The van der Waals surface area contributed by atoms with Gasteiger partial charge in [0.2, 0.25) is 5.91 Å². The van der Waals surface area contributed by atoms with Crippen molar-refractivity contribution in [3.8, 4) is 11.5 Å². The minimum Gasteiger partial charge on any atom is -0.497 e. The Morgan fingerprint density at radius 2 is 1.93 bits per heavy atom. The fraction of sp³-hybridized carbons (Fsp3) is 0.250. The number of anilines is 1. The molecule has 1 heterocycles. The van der Waals surface area contributed by atoms with Gasteiger partial charge in [-0.2, -0.15) is 0 Å². The molecule has 2 aromatic carbocycles. The highest BCUT2D eigenvalue weighted by Gasteiger charge is 2.18. The standard InChI is InChI=1S/C20H20Cl2N4O3S/c1-12(29-14-7-4-6-13(10-14)28-3)19-24-25-20(26(19)2)30-11-17(27)23-16-9-5-8-15(21)18(16)22/h4-10,12H,11H2,1-3H3,(H,23,27). The number of carbonyl (C=O) groups excluding carboxylic acids is 1. The summed E-state index contributed by atoms with van der Waals surface area (Å²) >= 11 is 13.3. The molecule has 1 N–H and O–H groups in total. The summed E-state index contributed by atoms with van der Waals surface area (Å²) in [5, 5.41) is 12.4. The lowest BCUT2D eigenvalue weighted by atomic mass is 10.3. The number of benzene rings is 2. The normalized spacial score (nSPS) is 11.8. The summed E-state index contributed by atoms with van der Waals surface area (Å²) in [6.07, 6.45) is -0.344. The highest BCUT2D eigenvalue weighted by Crippen LogP contribution is 2.30. The van der Waals surface area contributed by atoms with Gasteiger partial charge < -0.3 is 19.4 Å². The van der Waals surface area contributed by atoms with E-state index in [1.807, 2.05) is 32.2 Å². The molecule has 0 saturated heterocycles. The van der Waals surface area contributed by atoms with Gasteiger partial charge in [-0.3, -0.25) is 4.79 Å². The first-order valence-corrected chi connectivity index (χ1v) is 10.7. The lowest BCUT2D eigenvalue weighted by Gasteiger charge is -2.14. The van der Waals surface area contributed by atoms with Gasteiger partial charge in [-0.1, -0.05) is 47.1 Å². The van der Waals surface area contributed by atoms with Gasteiger partial charge in [0.05, 0.1) is 28.6 Å². The van der Waals surface area contributed by atoms with E-state index in [-0.39, 0.29) is 17.8 Å². The average molecular weight is 467 g/mol. The summed E-state index contributed by atoms with van der Waals surface area (Å²) < 4.78 is 13.0. The number of nitrogens with one attached hydrogen (secondary N) is 1. The summed E-state index contributed by atoms with van der Waals surface area (Å²) in [4.78, 5) is 12.3. The Hall–Kier alpha value is -2.42. The molecular weight excluding hydrogens is 447 g/mol. The van der Waals surface area contributed by atoms with Crippen molar-refractivity contribution < 1.29 is 14.3 Å². The van der Waals surface area contributed by atoms with Crippen LogP contribution < -0.4 is 14.8 Å². The van der Waals surface area contributed by atoms with Crippen LogP contribution in [0.15, 0.2) is 47.6 Å². The number of hydrogen-bond acceptors (Lipinski definition) is 6. The van der Waals surface area contributed by atoms with Gasteiger partial charge in [-0.15, -0.1) is 10.2 Å². The van der Waals surface area contributed by atoms with E-state index < -0.39 is 0 Å². The van der Waals surface area contributed by atoms with E-state index in [0.717, 1.165) is 0 Å². The van der Waals surface area contributed by atoms with Crippen molar-refractivity contribution in [2.45, 2.75) is 18.2 Å². The lowest BCUT2D eigenvalue weighted by Crippen LogP contribution is -2.15. The van der Waals surface area contributed by atoms with Crippen LogP contribution in [0.3, 0.4) is 0 Å². The van der Waals surface area contributed by atoms with Crippen LogP contribution in [0, 0.1) is 0 Å². The third-order valence-corrected chi connectivity index (χ3v) is 5.98. The highest BCUT2D eigenvalue weighted by atomic mass is 35.5. The zero-order valence-electron chi connectivity index (χ0n) is 16.6. The molecule has 1 unspecified atom stereocenters. The minimum absolute atomic E-state index is 0.139. The fourth-order valence-electron chi connectivity index (χ4n) is 2.65. The molecular formula is C20H20Cl2N4O3S. The molecule has 3 rings (SSSR count). The maximum absolute atomic E-state index is 12.3. The van der Waals surface area contributed by atoms with Crippen molar-refractivity contribution in [3.05, 3.63) is 58.3 Å². The predicted molar refractivity (Wildman–Crippen MR) is 119 cm³/mol. The van der Waals surface area contributed by atoms with Crippen LogP contribution in [0.2, 0.25) is 10.0 Å². The summed E-state index contributed by atoms with van der Waals surface area (Å²) in [6, 6.07) is 12.4. The van der Waals surface area contributed by atoms with Crippen molar-refractivity contribution in [1.82, 2.24) is 14.8 Å². The summed E-state index contributed by atoms with van der Waals surface area (Å²) in [5.41, 5.74) is 0.466. The van der Waals surface area contributed by atoms with Crippen molar-refractivity contribution in [2.24, 2.45) is 7.05 Å². The number of carbonyl (C=O) groups is 1. The van der Waals surface area contributed by atoms with Gasteiger partial charge in [0.15, 0.2) is 17.1 Å². The highest BCUT2D eigenvalue weighted by molar-refractivity contribution is 7.99. The Labute approximate surface area is 188 Å². The monoisotopic (exact) mass is 466 g/mol. The molecule has 1 aromatic heterocycles. The number of hydrogen-bond donors (Lipinski definition) is 1. The molecule has 3 aromatic rings. The molecule has 0 saturated carbocycles. The van der Waals surface area contributed by atoms with Gasteiger partial charge in [-0.05, 0) is 31.2 Å². The molecule has 10 heteroatoms. The first-order valence-electron chi connectivity index (χ1n) is 8.95. The Bertz CT molecular complexity index is 1040. The third kappa shape index (κ3) is 5.38. The minimum atomic E-state index is -0.344. The van der Waals surface area contributed by atoms with E-state index in [0.29, 0.717) is 38.2 Å². The van der Waals surface area contributed by atoms with Crippen molar-refractivity contribution in [1.29, 1.82) is 0 Å². The SMILES string of the molecule is COc1cccc(OC(C)c2nnc(SCC(=O)Nc3cccc(Cl)c3Cl)n2C)c1. The molecule has 0 spiro atoms. The molecule has 1 atom stereocenters. The number of amides is 1. The Morgan fingerprint density at radius 1 is 1.20 bits per heavy atom. The number of rotatable bonds is 8. The molecule has 7 nitrogen and oxygen atoms in total. The number of aromatic nitrogens is 3. The van der Waals surface area contributed by atoms with Gasteiger partial charge in [-0.25, -0.2) is 0 Å². The quantitative estimate of drug-likeness (QED) is 0.470. The Kier molecular flexibility index (Phi) is 7.47. The first kappa shape index (κ1) is 22.3. The van der Waals surface area contributed by atoms with Crippen LogP contribution in [0.5, 0.6) is 11.5 Å². The second-order valence-electron chi connectivity index (χ2n) is 6.28. The molecule has 158 valence electrons. The lowest BCUT2D eigenvalue weighted by molar-refractivity contribution is -0.113. The van der Waals surface area contributed by atoms with E-state index in [2.05, 4.69) is 15.5 Å². The predicted octanol–water partition coefficient (Wildman–Crippen LogP) is 5.00. The number of methoxy groups -OCH3 is 1. The number of ether oxygens (including phenoxy) is 2. The Balaban J connectivity index is 1.60. The molecule has 0 fully saturated rings. The smallest absolute Gasteiger partial charge is 0.234 e. The van der Waals surface area contributed by atoms with Crippen molar-refractivity contribution in [2.75, 3.05) is 18.2 Å². The Morgan fingerprint density at radius 3 is 2.70 bits per heavy atom. The van der Waals surface area contributed by atoms with Gasteiger partial charge in [0.1, 0.15) is 11.5 Å². The number of thioether (sulfide) groups is 1. The van der Waals surface area contributed by atoms with E-state index >= 15 is 0 Å². The second-order valence-corrected chi connectivity index (χ2v) is 8.00. The third-order valence-electron chi connectivity index (χ3n) is 4.14. The van der Waals surface area contributed by atoms with Gasteiger partial charge in [0.25, 0.3) is 0 Å². The van der Waals surface area contributed by atoms with Crippen LogP contribution in [-0.2, 0) is 11.8 Å². The summed E-state index contributed by atoms with van der Waals surface area (Å²) in [6.45, 7) is 1.88. The van der Waals surface area contributed by atoms with Crippen molar-refractivity contribution >= 4 is 46.6 Å². The molecule has 30 heavy (non-hydrogen) atoms. The molecule has 0 bridgehead atoms. The van der Waals surface area contributed by atoms with E-state index in [1.165, 1.54) is 11.8 Å². The van der Waals surface area contributed by atoms with Crippen LogP contribution in [0.1, 0.15) is 18.9 Å². The zero-order valence-corrected chi connectivity index (χ0v) is 18.9. The maximum Gasteiger partial charge on any atom is 0.234 e. The second kappa shape index (κ2) is 10.1. The van der Waals surface area contributed by atoms with E-state index in [1.54, 1.807) is 35.9 Å². The molecule has 0 aliphatic rings. The maximum atomic E-state index is 12.3. The van der Waals surface area contributed by atoms with Crippen LogP contribution in [-0.4, -0.2) is 33.5 Å². The number of nitrogens with zero attached hydrogens (tertiary/aromatic N) is 3.